The smallest absolute Gasteiger partial charge is 0.349 e. The predicted molar refractivity (Wildman–Crippen MR) is 106 cm³/mol. The lowest BCUT2D eigenvalue weighted by molar-refractivity contribution is -0.204. The molecule has 0 spiro atoms. The number of methoxy groups -OCH3 is 1. The standard InChI is InChI=1S/C18H24N4O7S/c1-10(23)21-14-12(24)8-18(17(27)28-2,30-11-6-4-3-5-7-11)29-16(14)15(26)13(25)9-20-22-19/h3-7,12-16,24-26H,8-9H2,1-2H3,(H,21,23)/t12-,13+,14+,15+,16+,18+/m0/s1. The van der Waals surface area contributed by atoms with Crippen LogP contribution in [0.3, 0.4) is 0 Å². The minimum atomic E-state index is -1.76. The van der Waals surface area contributed by atoms with E-state index in [1.807, 2.05) is 0 Å². The maximum atomic E-state index is 12.7. The molecular formula is C18H24N4O7S. The molecule has 0 unspecified atom stereocenters. The zero-order chi connectivity index (χ0) is 22.3. The highest BCUT2D eigenvalue weighted by Gasteiger charge is 2.55. The first-order valence-electron chi connectivity index (χ1n) is 9.06. The first-order valence-corrected chi connectivity index (χ1v) is 9.88. The molecule has 0 aromatic heterocycles. The summed E-state index contributed by atoms with van der Waals surface area (Å²) in [6.07, 6.45) is -6.23. The van der Waals surface area contributed by atoms with E-state index in [9.17, 15) is 24.9 Å². The van der Waals surface area contributed by atoms with Gasteiger partial charge in [-0.15, -0.1) is 0 Å². The van der Waals surface area contributed by atoms with Crippen molar-refractivity contribution in [2.24, 2.45) is 5.11 Å². The van der Waals surface area contributed by atoms with E-state index in [1.165, 1.54) is 6.92 Å². The van der Waals surface area contributed by atoms with Crippen LogP contribution in [0.2, 0.25) is 0 Å². The number of nitrogens with zero attached hydrogens (tertiary/aromatic N) is 3. The number of amides is 1. The van der Waals surface area contributed by atoms with Gasteiger partial charge in [0.05, 0.1) is 31.9 Å². The van der Waals surface area contributed by atoms with Gasteiger partial charge in [-0.2, -0.15) is 0 Å². The molecule has 0 saturated carbocycles. The van der Waals surface area contributed by atoms with Crippen LogP contribution in [0.4, 0.5) is 0 Å². The highest BCUT2D eigenvalue weighted by Crippen LogP contribution is 2.44. The van der Waals surface area contributed by atoms with E-state index in [0.29, 0.717) is 4.90 Å². The molecule has 12 heteroatoms. The fraction of sp³-hybridized carbons (Fsp3) is 0.556. The third kappa shape index (κ3) is 5.63. The Kier molecular flexibility index (Phi) is 8.47. The van der Waals surface area contributed by atoms with Crippen LogP contribution in [-0.4, -0.2) is 76.2 Å². The molecule has 1 aliphatic rings. The maximum absolute atomic E-state index is 12.7. The number of aliphatic hydroxyl groups excluding tert-OH is 3. The topological polar surface area (TPSA) is 174 Å². The molecule has 164 valence electrons. The minimum absolute atomic E-state index is 0.250. The first kappa shape index (κ1) is 23.9. The molecule has 1 saturated heterocycles. The van der Waals surface area contributed by atoms with Crippen LogP contribution in [0.1, 0.15) is 13.3 Å². The van der Waals surface area contributed by atoms with Gasteiger partial charge in [0.25, 0.3) is 0 Å². The second kappa shape index (κ2) is 10.6. The molecule has 0 bridgehead atoms. The monoisotopic (exact) mass is 440 g/mol. The Balaban J connectivity index is 2.43. The number of benzene rings is 1. The Morgan fingerprint density at radius 1 is 1.43 bits per heavy atom. The quantitative estimate of drug-likeness (QED) is 0.194. The summed E-state index contributed by atoms with van der Waals surface area (Å²) < 4.78 is 10.8. The summed E-state index contributed by atoms with van der Waals surface area (Å²) in [6, 6.07) is 7.62. The summed E-state index contributed by atoms with van der Waals surface area (Å²) in [5, 5.41) is 37.3. The Morgan fingerprint density at radius 3 is 2.67 bits per heavy atom. The highest BCUT2D eigenvalue weighted by atomic mass is 32.2. The van der Waals surface area contributed by atoms with Crippen LogP contribution in [0.25, 0.3) is 10.4 Å². The van der Waals surface area contributed by atoms with E-state index in [0.717, 1.165) is 18.9 Å². The number of thioether (sulfide) groups is 1. The lowest BCUT2D eigenvalue weighted by Crippen LogP contribution is -2.66. The number of hydrogen-bond donors (Lipinski definition) is 4. The summed E-state index contributed by atoms with van der Waals surface area (Å²) in [7, 11) is 1.16. The van der Waals surface area contributed by atoms with E-state index in [2.05, 4.69) is 15.3 Å². The molecular weight excluding hydrogens is 416 g/mol. The fourth-order valence-corrected chi connectivity index (χ4v) is 4.43. The van der Waals surface area contributed by atoms with Gasteiger partial charge in [0.1, 0.15) is 12.2 Å². The Bertz CT molecular complexity index is 792. The molecule has 1 aromatic rings. The summed E-state index contributed by atoms with van der Waals surface area (Å²) in [6.45, 7) is 0.741. The van der Waals surface area contributed by atoms with Gasteiger partial charge < -0.3 is 30.1 Å². The zero-order valence-electron chi connectivity index (χ0n) is 16.4. The van der Waals surface area contributed by atoms with Gasteiger partial charge in [0.2, 0.25) is 10.8 Å². The lowest BCUT2D eigenvalue weighted by atomic mass is 9.89. The first-order chi connectivity index (χ1) is 14.2. The third-order valence-electron chi connectivity index (χ3n) is 4.53. The molecule has 1 fully saturated rings. The van der Waals surface area contributed by atoms with Crippen LogP contribution in [-0.2, 0) is 19.1 Å². The van der Waals surface area contributed by atoms with E-state index in [-0.39, 0.29) is 6.42 Å². The number of hydrogen-bond acceptors (Lipinski definition) is 9. The Hall–Kier alpha value is -2.34. The molecule has 1 aromatic carbocycles. The Morgan fingerprint density at radius 2 is 2.10 bits per heavy atom. The van der Waals surface area contributed by atoms with Gasteiger partial charge in [-0.25, -0.2) is 4.79 Å². The molecule has 30 heavy (non-hydrogen) atoms. The molecule has 1 heterocycles. The number of aliphatic hydroxyl groups is 3. The van der Waals surface area contributed by atoms with E-state index in [1.54, 1.807) is 30.3 Å². The summed E-state index contributed by atoms with van der Waals surface area (Å²) in [5.41, 5.74) is 8.44. The van der Waals surface area contributed by atoms with E-state index < -0.39 is 53.8 Å². The van der Waals surface area contributed by atoms with Crippen LogP contribution in [0.5, 0.6) is 0 Å². The van der Waals surface area contributed by atoms with Crippen molar-refractivity contribution in [3.63, 3.8) is 0 Å². The van der Waals surface area contributed by atoms with Crippen molar-refractivity contribution in [2.45, 2.75) is 53.6 Å². The van der Waals surface area contributed by atoms with Gasteiger partial charge >= 0.3 is 5.97 Å². The molecule has 0 aliphatic carbocycles. The highest BCUT2D eigenvalue weighted by molar-refractivity contribution is 8.01. The van der Waals surface area contributed by atoms with Crippen LogP contribution in [0.15, 0.2) is 40.3 Å². The van der Waals surface area contributed by atoms with Crippen molar-refractivity contribution >= 4 is 23.6 Å². The van der Waals surface area contributed by atoms with Crippen LogP contribution in [0, 0.1) is 0 Å². The average Bonchev–Trinajstić information content (AvgIpc) is 2.73. The molecule has 6 atom stereocenters. The van der Waals surface area contributed by atoms with Crippen LogP contribution >= 0.6 is 11.8 Å². The largest absolute Gasteiger partial charge is 0.466 e. The SMILES string of the molecule is COC(=O)[C@]1(Sc2ccccc2)C[C@H](O)[C@@H](NC(C)=O)[C@H]([C@H](O)[C@H](O)CN=[N+]=[N-])O1. The van der Waals surface area contributed by atoms with Crippen molar-refractivity contribution in [2.75, 3.05) is 13.7 Å². The van der Waals surface area contributed by atoms with Gasteiger partial charge in [0, 0.05) is 23.2 Å². The molecule has 11 nitrogen and oxygen atoms in total. The lowest BCUT2D eigenvalue weighted by Gasteiger charge is -2.47. The van der Waals surface area contributed by atoms with Gasteiger partial charge in [-0.05, 0) is 17.7 Å². The zero-order valence-corrected chi connectivity index (χ0v) is 17.2. The number of carbonyl (C=O) groups is 2. The van der Waals surface area contributed by atoms with Gasteiger partial charge in [-0.3, -0.25) is 4.79 Å². The van der Waals surface area contributed by atoms with Crippen LogP contribution < -0.4 is 5.32 Å². The average molecular weight is 440 g/mol. The van der Waals surface area contributed by atoms with E-state index in [4.69, 9.17) is 15.0 Å². The van der Waals surface area contributed by atoms with Gasteiger partial charge in [-0.1, -0.05) is 35.1 Å². The van der Waals surface area contributed by atoms with Gasteiger partial charge in [0.15, 0.2) is 0 Å². The number of nitrogens with one attached hydrogen (secondary N) is 1. The molecule has 1 amide bonds. The summed E-state index contributed by atoms with van der Waals surface area (Å²) >= 11 is 0.976. The second-order valence-electron chi connectivity index (χ2n) is 6.71. The van der Waals surface area contributed by atoms with Crippen molar-refractivity contribution < 1.29 is 34.4 Å². The molecule has 1 aliphatic heterocycles. The van der Waals surface area contributed by atoms with Crippen molar-refractivity contribution in [3.8, 4) is 0 Å². The van der Waals surface area contributed by atoms with E-state index >= 15 is 0 Å². The molecule has 2 rings (SSSR count). The fourth-order valence-electron chi connectivity index (χ4n) is 3.18. The number of esters is 1. The second-order valence-corrected chi connectivity index (χ2v) is 8.05. The number of azide groups is 1. The summed E-state index contributed by atoms with van der Waals surface area (Å²) in [5.74, 6) is -1.32. The number of ether oxygens (including phenoxy) is 2. The van der Waals surface area contributed by atoms with Crippen molar-refractivity contribution in [1.29, 1.82) is 0 Å². The maximum Gasteiger partial charge on any atom is 0.349 e. The normalized spacial score (nSPS) is 28.0. The number of rotatable bonds is 8. The molecule has 4 N–H and O–H groups in total. The van der Waals surface area contributed by atoms with Crippen molar-refractivity contribution in [1.82, 2.24) is 5.32 Å². The Labute approximate surface area is 177 Å². The predicted octanol–water partition coefficient (Wildman–Crippen LogP) is 0.335. The van der Waals surface area contributed by atoms with Crippen molar-refractivity contribution in [3.05, 3.63) is 40.8 Å². The minimum Gasteiger partial charge on any atom is -0.466 e. The summed E-state index contributed by atoms with van der Waals surface area (Å²) in [4.78, 5) is 25.7. The molecule has 0 radical (unpaired) electrons. The number of carbonyl (C=O) groups excluding carboxylic acids is 2. The third-order valence-corrected chi connectivity index (χ3v) is 5.79.